The maximum absolute atomic E-state index is 12.8. The number of anilines is 2. The maximum atomic E-state index is 12.8. The highest BCUT2D eigenvalue weighted by Gasteiger charge is 2.18. The molecular formula is C28H29ClN4O7S. The summed E-state index contributed by atoms with van der Waals surface area (Å²) in [4.78, 5) is 20.6. The molecule has 41 heavy (non-hydrogen) atoms. The molecule has 0 aliphatic rings. The van der Waals surface area contributed by atoms with E-state index in [1.165, 1.54) is 50.6 Å². The second-order valence-corrected chi connectivity index (χ2v) is 11.3. The van der Waals surface area contributed by atoms with Crippen molar-refractivity contribution in [3.05, 3.63) is 82.3 Å². The first-order chi connectivity index (χ1) is 19.5. The number of hydrogen-bond donors (Lipinski definition) is 2. The zero-order chi connectivity index (χ0) is 29.7. The Morgan fingerprint density at radius 1 is 1.02 bits per heavy atom. The number of aromatic nitrogens is 2. The van der Waals surface area contributed by atoms with Gasteiger partial charge in [0.15, 0.2) is 11.6 Å². The predicted molar refractivity (Wildman–Crippen MR) is 154 cm³/mol. The van der Waals surface area contributed by atoms with Gasteiger partial charge in [-0.15, -0.1) is 0 Å². The molecule has 0 radical (unpaired) electrons. The van der Waals surface area contributed by atoms with Gasteiger partial charge in [-0.2, -0.15) is 9.97 Å². The molecule has 4 rings (SSSR count). The van der Waals surface area contributed by atoms with Crippen LogP contribution >= 0.6 is 11.6 Å². The molecule has 0 unspecified atom stereocenters. The molecular weight excluding hydrogens is 572 g/mol. The molecule has 0 saturated carbocycles. The van der Waals surface area contributed by atoms with Gasteiger partial charge < -0.3 is 23.9 Å². The van der Waals surface area contributed by atoms with Gasteiger partial charge in [0, 0.05) is 16.8 Å². The standard InChI is InChI=1S/C28H29ClN4O7S/c1-16(2)21-13-22(29)17(3)12-24(21)39-15-19-8-11-23(40-19)27(34)30-18-6-9-20(10-7-18)41(35,36)33-25-14-26(37-4)32-28(31-25)38-5/h6-14,16H,15H2,1-5H3,(H,30,34)(H,31,32,33). The van der Waals surface area contributed by atoms with Gasteiger partial charge in [-0.3, -0.25) is 9.52 Å². The lowest BCUT2D eigenvalue weighted by atomic mass is 10.0. The summed E-state index contributed by atoms with van der Waals surface area (Å²) in [5, 5.41) is 3.36. The van der Waals surface area contributed by atoms with Crippen LogP contribution in [-0.2, 0) is 16.6 Å². The number of aryl methyl sites for hydroxylation is 1. The van der Waals surface area contributed by atoms with Crippen molar-refractivity contribution in [3.63, 3.8) is 0 Å². The Balaban J connectivity index is 1.39. The molecule has 11 nitrogen and oxygen atoms in total. The van der Waals surface area contributed by atoms with E-state index in [0.29, 0.717) is 22.2 Å². The number of halogens is 1. The lowest BCUT2D eigenvalue weighted by Crippen LogP contribution is -2.15. The molecule has 13 heteroatoms. The highest BCUT2D eigenvalue weighted by Crippen LogP contribution is 2.32. The number of carbonyl (C=O) groups is 1. The van der Waals surface area contributed by atoms with Crippen molar-refractivity contribution in [2.75, 3.05) is 24.3 Å². The highest BCUT2D eigenvalue weighted by atomic mass is 35.5. The third-order valence-electron chi connectivity index (χ3n) is 5.90. The molecule has 2 aromatic carbocycles. The average Bonchev–Trinajstić information content (AvgIpc) is 3.42. The van der Waals surface area contributed by atoms with Crippen LogP contribution in [0.25, 0.3) is 0 Å². The smallest absolute Gasteiger partial charge is 0.321 e. The van der Waals surface area contributed by atoms with Crippen LogP contribution in [0.3, 0.4) is 0 Å². The molecule has 0 atom stereocenters. The van der Waals surface area contributed by atoms with Crippen LogP contribution in [0.4, 0.5) is 11.5 Å². The summed E-state index contributed by atoms with van der Waals surface area (Å²) in [5.74, 6) is 1.03. The summed E-state index contributed by atoms with van der Waals surface area (Å²) < 4.78 is 49.7. The lowest BCUT2D eigenvalue weighted by Gasteiger charge is -2.15. The number of nitrogens with one attached hydrogen (secondary N) is 2. The Kier molecular flexibility index (Phi) is 9.04. The molecule has 0 fully saturated rings. The molecule has 0 aliphatic carbocycles. The van der Waals surface area contributed by atoms with Crippen molar-refractivity contribution in [2.24, 2.45) is 0 Å². The predicted octanol–water partition coefficient (Wildman–Crippen LogP) is 5.80. The average molecular weight is 601 g/mol. The summed E-state index contributed by atoms with van der Waals surface area (Å²) >= 11 is 6.27. The summed E-state index contributed by atoms with van der Waals surface area (Å²) in [6, 6.07) is 13.8. The van der Waals surface area contributed by atoms with E-state index in [2.05, 4.69) is 33.9 Å². The zero-order valence-electron chi connectivity index (χ0n) is 23.0. The Morgan fingerprint density at radius 3 is 2.41 bits per heavy atom. The normalized spacial score (nSPS) is 11.3. The maximum Gasteiger partial charge on any atom is 0.321 e. The minimum Gasteiger partial charge on any atom is -0.485 e. The molecule has 0 saturated heterocycles. The van der Waals surface area contributed by atoms with Gasteiger partial charge in [-0.05, 0) is 72.5 Å². The summed E-state index contributed by atoms with van der Waals surface area (Å²) in [7, 11) is -1.27. The second-order valence-electron chi connectivity index (χ2n) is 9.21. The number of furan rings is 1. The van der Waals surface area contributed by atoms with Crippen LogP contribution in [0, 0.1) is 6.92 Å². The molecule has 4 aromatic rings. The van der Waals surface area contributed by atoms with Crippen LogP contribution < -0.4 is 24.2 Å². The first-order valence-electron chi connectivity index (χ1n) is 12.4. The van der Waals surface area contributed by atoms with Crippen molar-refractivity contribution in [3.8, 4) is 17.6 Å². The van der Waals surface area contributed by atoms with Crippen molar-refractivity contribution in [2.45, 2.75) is 38.2 Å². The molecule has 2 N–H and O–H groups in total. The van der Waals surface area contributed by atoms with E-state index in [9.17, 15) is 13.2 Å². The van der Waals surface area contributed by atoms with Crippen LogP contribution in [0.1, 0.15) is 47.2 Å². The summed E-state index contributed by atoms with van der Waals surface area (Å²) in [6.45, 7) is 6.13. The zero-order valence-corrected chi connectivity index (χ0v) is 24.6. The van der Waals surface area contributed by atoms with Crippen LogP contribution in [0.2, 0.25) is 5.02 Å². The minimum atomic E-state index is -4.00. The van der Waals surface area contributed by atoms with Crippen molar-refractivity contribution in [1.29, 1.82) is 0 Å². The number of nitrogens with zero attached hydrogens (tertiary/aromatic N) is 2. The van der Waals surface area contributed by atoms with E-state index in [-0.39, 0.29) is 40.9 Å². The first-order valence-corrected chi connectivity index (χ1v) is 14.3. The number of sulfonamides is 1. The SMILES string of the molecule is COc1cc(NS(=O)(=O)c2ccc(NC(=O)c3ccc(COc4cc(C)c(Cl)cc4C(C)C)o3)cc2)nc(OC)n1. The molecule has 216 valence electrons. The fraction of sp³-hybridized carbons (Fsp3) is 0.250. The van der Waals surface area contributed by atoms with E-state index in [1.54, 1.807) is 6.07 Å². The van der Waals surface area contributed by atoms with E-state index in [0.717, 1.165) is 11.1 Å². The van der Waals surface area contributed by atoms with Gasteiger partial charge in [0.2, 0.25) is 5.88 Å². The third kappa shape index (κ3) is 7.27. The van der Waals surface area contributed by atoms with Gasteiger partial charge in [0.25, 0.3) is 15.9 Å². The second kappa shape index (κ2) is 12.5. The Morgan fingerprint density at radius 2 is 1.76 bits per heavy atom. The topological polar surface area (TPSA) is 142 Å². The molecule has 1 amide bonds. The number of carbonyl (C=O) groups excluding carboxylic acids is 1. The monoisotopic (exact) mass is 600 g/mol. The Bertz CT molecular complexity index is 1630. The molecule has 0 spiro atoms. The molecule has 2 heterocycles. The largest absolute Gasteiger partial charge is 0.485 e. The first kappa shape index (κ1) is 29.7. The number of methoxy groups -OCH3 is 2. The van der Waals surface area contributed by atoms with Crippen LogP contribution in [0.5, 0.6) is 17.6 Å². The van der Waals surface area contributed by atoms with E-state index in [4.69, 9.17) is 30.2 Å². The van der Waals surface area contributed by atoms with Gasteiger partial charge in [0.1, 0.15) is 18.1 Å². The molecule has 0 aliphatic heterocycles. The number of hydrogen-bond acceptors (Lipinski definition) is 9. The van der Waals surface area contributed by atoms with E-state index >= 15 is 0 Å². The fourth-order valence-electron chi connectivity index (χ4n) is 3.73. The Hall–Kier alpha value is -4.29. The van der Waals surface area contributed by atoms with Crippen molar-refractivity contribution in [1.82, 2.24) is 9.97 Å². The number of benzene rings is 2. The van der Waals surface area contributed by atoms with Crippen molar-refractivity contribution >= 4 is 39.0 Å². The fourth-order valence-corrected chi connectivity index (χ4v) is 4.90. The van der Waals surface area contributed by atoms with Gasteiger partial charge in [0.05, 0.1) is 19.1 Å². The van der Waals surface area contributed by atoms with Gasteiger partial charge >= 0.3 is 6.01 Å². The van der Waals surface area contributed by atoms with Crippen LogP contribution in [-0.4, -0.2) is 38.5 Å². The summed E-state index contributed by atoms with van der Waals surface area (Å²) in [5.41, 5.74) is 2.24. The van der Waals surface area contributed by atoms with E-state index < -0.39 is 15.9 Å². The summed E-state index contributed by atoms with van der Waals surface area (Å²) in [6.07, 6.45) is 0. The van der Waals surface area contributed by atoms with Gasteiger partial charge in [-0.1, -0.05) is 25.4 Å². The van der Waals surface area contributed by atoms with E-state index in [1.807, 2.05) is 19.1 Å². The minimum absolute atomic E-state index is 0.0321. The molecule has 0 bridgehead atoms. The Labute approximate surface area is 242 Å². The third-order valence-corrected chi connectivity index (χ3v) is 7.68. The number of amides is 1. The van der Waals surface area contributed by atoms with Crippen LogP contribution in [0.15, 0.2) is 63.9 Å². The number of ether oxygens (including phenoxy) is 3. The number of rotatable bonds is 11. The van der Waals surface area contributed by atoms with Gasteiger partial charge in [-0.25, -0.2) is 8.42 Å². The lowest BCUT2D eigenvalue weighted by molar-refractivity contribution is 0.0992. The molecule has 2 aromatic heterocycles. The quantitative estimate of drug-likeness (QED) is 0.218. The highest BCUT2D eigenvalue weighted by molar-refractivity contribution is 7.92. The van der Waals surface area contributed by atoms with Crippen molar-refractivity contribution < 1.29 is 31.8 Å².